The smallest absolute Gasteiger partial charge is 0.271 e. The van der Waals surface area contributed by atoms with Crippen LogP contribution in [0.5, 0.6) is 5.75 Å². The summed E-state index contributed by atoms with van der Waals surface area (Å²) in [5.74, 6) is -8.08. The number of amides is 4. The van der Waals surface area contributed by atoms with E-state index in [-0.39, 0.29) is 43.6 Å². The lowest BCUT2D eigenvalue weighted by Gasteiger charge is -2.40. The third-order valence-corrected chi connectivity index (χ3v) is 11.3. The number of carbonyl (C=O) groups excluding carboxylic acids is 4. The number of halogens is 3. The van der Waals surface area contributed by atoms with Crippen LogP contribution >= 0.6 is 0 Å². The first-order chi connectivity index (χ1) is 21.6. The fourth-order valence-corrected chi connectivity index (χ4v) is 8.81. The van der Waals surface area contributed by atoms with E-state index < -0.39 is 89.0 Å². The Morgan fingerprint density at radius 3 is 2.63 bits per heavy atom. The lowest BCUT2D eigenvalue weighted by Crippen LogP contribution is -2.62. The summed E-state index contributed by atoms with van der Waals surface area (Å²) in [4.78, 5) is 62.1. The number of hydrogen-bond donors (Lipinski definition) is 2. The summed E-state index contributed by atoms with van der Waals surface area (Å²) in [6.45, 7) is 4.97. The van der Waals surface area contributed by atoms with Crippen LogP contribution in [0.1, 0.15) is 52.9 Å². The molecule has 2 bridgehead atoms. The number of nitrogens with zero attached hydrogens (tertiary/aromatic N) is 4. The molecule has 6 aliphatic rings. The molecule has 1 spiro atoms. The number of carbonyl (C=O) groups is 4. The van der Waals surface area contributed by atoms with Gasteiger partial charge in [0.15, 0.2) is 11.6 Å². The maximum atomic E-state index is 15.3. The van der Waals surface area contributed by atoms with Gasteiger partial charge in [0, 0.05) is 25.6 Å². The Morgan fingerprint density at radius 2 is 1.98 bits per heavy atom. The van der Waals surface area contributed by atoms with Crippen molar-refractivity contribution in [3.63, 3.8) is 0 Å². The Balaban J connectivity index is 1.21. The number of aromatic nitrogens is 1. The molecule has 0 radical (unpaired) electrons. The summed E-state index contributed by atoms with van der Waals surface area (Å²) < 4.78 is 49.7. The maximum absolute atomic E-state index is 15.3. The van der Waals surface area contributed by atoms with Gasteiger partial charge in [-0.3, -0.25) is 19.2 Å². The van der Waals surface area contributed by atoms with Gasteiger partial charge in [-0.1, -0.05) is 20.8 Å². The van der Waals surface area contributed by atoms with Gasteiger partial charge in [0.1, 0.15) is 30.2 Å². The molecule has 246 valence electrons. The van der Waals surface area contributed by atoms with Crippen LogP contribution in [-0.2, 0) is 19.2 Å². The van der Waals surface area contributed by atoms with E-state index in [0.717, 1.165) is 0 Å². The van der Waals surface area contributed by atoms with Crippen molar-refractivity contribution in [2.75, 3.05) is 18.4 Å². The fraction of sp³-hybridized carbons (Fsp3) is 0.688. The lowest BCUT2D eigenvalue weighted by molar-refractivity contribution is -0.165. The van der Waals surface area contributed by atoms with Crippen molar-refractivity contribution in [3.8, 4) is 11.8 Å². The predicted octanol–water partition coefficient (Wildman–Crippen LogP) is 2.67. The predicted molar refractivity (Wildman–Crippen MR) is 155 cm³/mol. The second kappa shape index (κ2) is 10.3. The number of nitriles is 1. The Labute approximate surface area is 264 Å². The maximum Gasteiger partial charge on any atom is 0.271 e. The molecular formula is C32H37F3N6O5. The first-order valence-corrected chi connectivity index (χ1v) is 15.9. The normalized spacial score (nSPS) is 37.5. The van der Waals surface area contributed by atoms with Gasteiger partial charge in [0.05, 0.1) is 12.6 Å². The van der Waals surface area contributed by atoms with Crippen LogP contribution in [0.4, 0.5) is 19.0 Å². The van der Waals surface area contributed by atoms with Crippen molar-refractivity contribution in [2.24, 2.45) is 35.0 Å². The molecule has 7 rings (SSSR count). The van der Waals surface area contributed by atoms with E-state index in [2.05, 4.69) is 21.7 Å². The zero-order valence-electron chi connectivity index (χ0n) is 25.8. The highest BCUT2D eigenvalue weighted by molar-refractivity contribution is 6.01. The van der Waals surface area contributed by atoms with E-state index in [0.29, 0.717) is 18.6 Å². The van der Waals surface area contributed by atoms with Crippen molar-refractivity contribution in [1.29, 1.82) is 5.26 Å². The number of rotatable bonds is 4. The van der Waals surface area contributed by atoms with E-state index in [1.54, 1.807) is 32.9 Å². The zero-order valence-corrected chi connectivity index (χ0v) is 25.8. The van der Waals surface area contributed by atoms with Crippen LogP contribution in [0.15, 0.2) is 18.3 Å². The van der Waals surface area contributed by atoms with E-state index in [1.807, 2.05) is 0 Å². The highest BCUT2D eigenvalue weighted by Crippen LogP contribution is 2.59. The number of alkyl halides is 3. The molecule has 10 atom stereocenters. The SMILES string of the molecule is CC(C)(C)C(NC(=O)C1CCC1(F)F)C(=O)N1CC2C3CC(F)C(C3)C2C1C(=O)N1CC2(CC1C#N)Oc1cccnc1NC2=O. The number of pyridine rings is 1. The highest BCUT2D eigenvalue weighted by Gasteiger charge is 2.65. The largest absolute Gasteiger partial charge is 0.472 e. The van der Waals surface area contributed by atoms with Crippen LogP contribution in [-0.4, -0.2) is 87.3 Å². The molecule has 1 aromatic rings. The molecule has 5 fully saturated rings. The second-order valence-electron chi connectivity index (χ2n) is 15.0. The molecule has 1 aromatic heterocycles. The van der Waals surface area contributed by atoms with Crippen LogP contribution in [0.2, 0.25) is 0 Å². The topological polar surface area (TPSA) is 145 Å². The first-order valence-electron chi connectivity index (χ1n) is 15.9. The van der Waals surface area contributed by atoms with Gasteiger partial charge in [-0.05, 0) is 60.5 Å². The van der Waals surface area contributed by atoms with Crippen molar-refractivity contribution in [2.45, 2.75) is 88.7 Å². The number of ether oxygens (including phenoxy) is 1. The molecule has 46 heavy (non-hydrogen) atoms. The molecule has 2 N–H and O–H groups in total. The third kappa shape index (κ3) is 4.55. The summed E-state index contributed by atoms with van der Waals surface area (Å²) in [6, 6.07) is 1.88. The van der Waals surface area contributed by atoms with Crippen LogP contribution in [0.3, 0.4) is 0 Å². The average molecular weight is 643 g/mol. The second-order valence-corrected chi connectivity index (χ2v) is 15.0. The Morgan fingerprint density at radius 1 is 1.22 bits per heavy atom. The third-order valence-electron chi connectivity index (χ3n) is 11.3. The molecule has 3 aliphatic heterocycles. The fourth-order valence-electron chi connectivity index (χ4n) is 8.81. The summed E-state index contributed by atoms with van der Waals surface area (Å²) >= 11 is 0. The molecule has 3 saturated carbocycles. The molecular weight excluding hydrogens is 605 g/mol. The molecule has 0 aromatic carbocycles. The van der Waals surface area contributed by atoms with Gasteiger partial charge in [0.25, 0.3) is 11.8 Å². The van der Waals surface area contributed by atoms with Gasteiger partial charge in [0.2, 0.25) is 23.3 Å². The minimum absolute atomic E-state index is 0.00253. The Kier molecular flexibility index (Phi) is 6.89. The van der Waals surface area contributed by atoms with Crippen molar-refractivity contribution < 1.29 is 37.1 Å². The highest BCUT2D eigenvalue weighted by atomic mass is 19.3. The number of hydrogen-bond acceptors (Lipinski definition) is 7. The minimum atomic E-state index is -3.16. The molecule has 11 nitrogen and oxygen atoms in total. The molecule has 14 heteroatoms. The zero-order chi connectivity index (χ0) is 32.9. The van der Waals surface area contributed by atoms with Crippen LogP contribution in [0.25, 0.3) is 0 Å². The average Bonchev–Trinajstić information content (AvgIpc) is 3.74. The van der Waals surface area contributed by atoms with Crippen LogP contribution < -0.4 is 15.4 Å². The number of nitrogens with one attached hydrogen (secondary N) is 2. The summed E-state index contributed by atoms with van der Waals surface area (Å²) in [7, 11) is 0. The van der Waals surface area contributed by atoms with Gasteiger partial charge >= 0.3 is 0 Å². The van der Waals surface area contributed by atoms with E-state index in [9.17, 15) is 33.2 Å². The van der Waals surface area contributed by atoms with Crippen molar-refractivity contribution >= 4 is 29.4 Å². The van der Waals surface area contributed by atoms with Gasteiger partial charge in [-0.15, -0.1) is 0 Å². The van der Waals surface area contributed by atoms with Gasteiger partial charge in [-0.2, -0.15) is 5.26 Å². The molecule has 4 amide bonds. The molecule has 2 saturated heterocycles. The quantitative estimate of drug-likeness (QED) is 0.514. The number of likely N-dealkylation sites (tertiary alicyclic amines) is 2. The Hall–Kier alpha value is -3.89. The molecule has 3 aliphatic carbocycles. The van der Waals surface area contributed by atoms with E-state index in [4.69, 9.17) is 4.74 Å². The van der Waals surface area contributed by atoms with Crippen LogP contribution in [0, 0.1) is 46.3 Å². The van der Waals surface area contributed by atoms with Gasteiger partial charge < -0.3 is 25.2 Å². The molecule has 4 heterocycles. The summed E-state index contributed by atoms with van der Waals surface area (Å²) in [5.41, 5.74) is -2.49. The Bertz CT molecular complexity index is 1540. The summed E-state index contributed by atoms with van der Waals surface area (Å²) in [5, 5.41) is 15.4. The van der Waals surface area contributed by atoms with Gasteiger partial charge in [-0.25, -0.2) is 18.2 Å². The standard InChI is InChI=1S/C32H37F3N6O5/c1-30(2,3)24(38-26(42)19-6-7-32(19,34)35)28(44)40-13-18-15-9-17(20(33)10-15)22(18)23(40)27(43)41-14-31(11-16(41)12-36)29(45)39-25-21(46-31)5-4-8-37-25/h4-5,8,15-20,22-24H,6-7,9-11,13-14H2,1-3H3,(H,38,42)(H,37,39,45). The van der Waals surface area contributed by atoms with E-state index in [1.165, 1.54) is 16.0 Å². The number of fused-ring (bicyclic) bond motifs is 6. The van der Waals surface area contributed by atoms with Crippen molar-refractivity contribution in [1.82, 2.24) is 20.1 Å². The minimum Gasteiger partial charge on any atom is -0.472 e. The first kappa shape index (κ1) is 30.7. The van der Waals surface area contributed by atoms with Crippen molar-refractivity contribution in [3.05, 3.63) is 18.3 Å². The lowest BCUT2D eigenvalue weighted by atomic mass is 9.77. The monoisotopic (exact) mass is 642 g/mol. The summed E-state index contributed by atoms with van der Waals surface area (Å²) in [6.07, 6.45) is 0.729. The molecule has 10 unspecified atom stereocenters. The number of anilines is 1. The van der Waals surface area contributed by atoms with E-state index >= 15 is 4.39 Å².